The zero-order valence-electron chi connectivity index (χ0n) is 15.3. The van der Waals surface area contributed by atoms with Crippen molar-refractivity contribution in [1.29, 1.82) is 0 Å². The smallest absolute Gasteiger partial charge is 0.0252 e. The van der Waals surface area contributed by atoms with Gasteiger partial charge in [0.25, 0.3) is 0 Å². The Morgan fingerprint density at radius 3 is 2.10 bits per heavy atom. The van der Waals surface area contributed by atoms with Crippen LogP contribution in [0.2, 0.25) is 0 Å². The highest BCUT2D eigenvalue weighted by molar-refractivity contribution is 4.92. The van der Waals surface area contributed by atoms with Gasteiger partial charge in [-0.3, -0.25) is 4.90 Å². The van der Waals surface area contributed by atoms with Gasteiger partial charge in [-0.1, -0.05) is 47.5 Å². The molecule has 1 N–H and O–H groups in total. The van der Waals surface area contributed by atoms with Crippen LogP contribution in [-0.2, 0) is 0 Å². The molecule has 2 nitrogen and oxygen atoms in total. The molecule has 3 atom stereocenters. The number of nitrogens with zero attached hydrogens (tertiary/aromatic N) is 1. The fraction of sp³-hybridized carbons (Fsp3) is 1.00. The number of rotatable bonds is 10. The molecule has 1 rings (SSSR count). The van der Waals surface area contributed by atoms with E-state index in [0.717, 1.165) is 30.5 Å². The van der Waals surface area contributed by atoms with Gasteiger partial charge in [-0.25, -0.2) is 0 Å². The highest BCUT2D eigenvalue weighted by Gasteiger charge is 2.34. The van der Waals surface area contributed by atoms with Gasteiger partial charge in [0.05, 0.1) is 0 Å². The van der Waals surface area contributed by atoms with Crippen LogP contribution in [0.5, 0.6) is 0 Å². The fourth-order valence-corrected chi connectivity index (χ4v) is 3.85. The molecule has 21 heavy (non-hydrogen) atoms. The summed E-state index contributed by atoms with van der Waals surface area (Å²) in [5, 5.41) is 3.79. The van der Waals surface area contributed by atoms with Crippen molar-refractivity contribution in [1.82, 2.24) is 10.2 Å². The van der Waals surface area contributed by atoms with E-state index in [-0.39, 0.29) is 0 Å². The van der Waals surface area contributed by atoms with E-state index in [4.69, 9.17) is 0 Å². The number of hydrogen-bond acceptors (Lipinski definition) is 2. The lowest BCUT2D eigenvalue weighted by molar-refractivity contribution is 0.0808. The van der Waals surface area contributed by atoms with Gasteiger partial charge >= 0.3 is 0 Å². The Bertz CT molecular complexity index is 244. The van der Waals surface area contributed by atoms with E-state index < -0.39 is 0 Å². The predicted molar refractivity (Wildman–Crippen MR) is 94.8 cm³/mol. The van der Waals surface area contributed by atoms with Crippen LogP contribution in [0.25, 0.3) is 0 Å². The molecule has 0 aromatic rings. The second kappa shape index (κ2) is 10.6. The van der Waals surface area contributed by atoms with Crippen molar-refractivity contribution in [2.75, 3.05) is 19.6 Å². The van der Waals surface area contributed by atoms with Crippen molar-refractivity contribution in [3.63, 3.8) is 0 Å². The lowest BCUT2D eigenvalue weighted by Crippen LogP contribution is -2.54. The molecule has 0 aromatic heterocycles. The number of hydrogen-bond donors (Lipinski definition) is 1. The van der Waals surface area contributed by atoms with Crippen LogP contribution in [0, 0.1) is 11.8 Å². The predicted octanol–water partition coefficient (Wildman–Crippen LogP) is 4.69. The molecule has 126 valence electrons. The molecule has 0 bridgehead atoms. The lowest BCUT2D eigenvalue weighted by atomic mass is 9.76. The number of unbranched alkanes of at least 4 members (excludes halogenated alkanes) is 2. The Balaban J connectivity index is 2.73. The molecule has 0 aromatic carbocycles. The number of likely N-dealkylation sites (N-methyl/N-ethyl adjacent to an activating group) is 1. The van der Waals surface area contributed by atoms with Crippen LogP contribution >= 0.6 is 0 Å². The van der Waals surface area contributed by atoms with Gasteiger partial charge in [-0.2, -0.15) is 0 Å². The summed E-state index contributed by atoms with van der Waals surface area (Å²) in [6, 6.07) is 1.49. The third kappa shape index (κ3) is 6.28. The van der Waals surface area contributed by atoms with Gasteiger partial charge in [0.15, 0.2) is 0 Å². The molecule has 1 saturated carbocycles. The van der Waals surface area contributed by atoms with Crippen LogP contribution in [0.3, 0.4) is 0 Å². The summed E-state index contributed by atoms with van der Waals surface area (Å²) in [5.74, 6) is 1.77. The summed E-state index contributed by atoms with van der Waals surface area (Å²) < 4.78 is 0. The van der Waals surface area contributed by atoms with E-state index in [9.17, 15) is 0 Å². The minimum atomic E-state index is 0.721. The molecule has 0 aliphatic heterocycles. The molecule has 1 fully saturated rings. The Morgan fingerprint density at radius 2 is 1.62 bits per heavy atom. The highest BCUT2D eigenvalue weighted by Crippen LogP contribution is 2.33. The average Bonchev–Trinajstić information content (AvgIpc) is 2.48. The molecule has 0 radical (unpaired) electrons. The highest BCUT2D eigenvalue weighted by atomic mass is 15.2. The first-order chi connectivity index (χ1) is 10.1. The molecular formula is C19H40N2. The van der Waals surface area contributed by atoms with E-state index in [1.54, 1.807) is 0 Å². The first kappa shape index (κ1) is 19.0. The van der Waals surface area contributed by atoms with Crippen LogP contribution < -0.4 is 5.32 Å². The Hall–Kier alpha value is -0.0800. The minimum absolute atomic E-state index is 0.721. The summed E-state index contributed by atoms with van der Waals surface area (Å²) in [7, 11) is 0. The summed E-state index contributed by atoms with van der Waals surface area (Å²) >= 11 is 0. The number of nitrogens with one attached hydrogen (secondary N) is 1. The Labute approximate surface area is 134 Å². The second-order valence-corrected chi connectivity index (χ2v) is 7.29. The maximum Gasteiger partial charge on any atom is 0.0252 e. The van der Waals surface area contributed by atoms with Crippen molar-refractivity contribution in [3.05, 3.63) is 0 Å². The normalized spacial score (nSPS) is 26.7. The van der Waals surface area contributed by atoms with E-state index in [1.165, 1.54) is 58.0 Å². The molecule has 1 aliphatic carbocycles. The van der Waals surface area contributed by atoms with Crippen molar-refractivity contribution < 1.29 is 0 Å². The maximum atomic E-state index is 3.79. The standard InChI is InChI=1S/C19H40N2/c1-6-9-13-21(14-10-7-2)19-15-17(16(4)5)11-12-18(19)20-8-3/h16-20H,6-15H2,1-5H3. The topological polar surface area (TPSA) is 15.3 Å². The zero-order valence-corrected chi connectivity index (χ0v) is 15.3. The van der Waals surface area contributed by atoms with E-state index >= 15 is 0 Å². The van der Waals surface area contributed by atoms with Gasteiger partial charge in [0, 0.05) is 12.1 Å². The first-order valence-electron chi connectivity index (χ1n) is 9.61. The molecule has 0 spiro atoms. The van der Waals surface area contributed by atoms with E-state index in [2.05, 4.69) is 44.8 Å². The Morgan fingerprint density at radius 1 is 1.00 bits per heavy atom. The van der Waals surface area contributed by atoms with Gasteiger partial charge in [0.2, 0.25) is 0 Å². The van der Waals surface area contributed by atoms with Gasteiger partial charge in [-0.05, 0) is 63.6 Å². The molecule has 1 aliphatic rings. The zero-order chi connectivity index (χ0) is 15.7. The summed E-state index contributed by atoms with van der Waals surface area (Å²) in [5.41, 5.74) is 0. The van der Waals surface area contributed by atoms with Crippen molar-refractivity contribution in [3.8, 4) is 0 Å². The molecule has 2 heteroatoms. The third-order valence-electron chi connectivity index (χ3n) is 5.33. The second-order valence-electron chi connectivity index (χ2n) is 7.29. The summed E-state index contributed by atoms with van der Waals surface area (Å²) in [6.07, 6.45) is 9.53. The van der Waals surface area contributed by atoms with Gasteiger partial charge < -0.3 is 5.32 Å². The minimum Gasteiger partial charge on any atom is -0.313 e. The van der Waals surface area contributed by atoms with E-state index in [0.29, 0.717) is 0 Å². The van der Waals surface area contributed by atoms with Crippen LogP contribution in [0.1, 0.15) is 79.6 Å². The molecule has 0 heterocycles. The van der Waals surface area contributed by atoms with Crippen molar-refractivity contribution >= 4 is 0 Å². The largest absolute Gasteiger partial charge is 0.313 e. The third-order valence-corrected chi connectivity index (χ3v) is 5.33. The average molecular weight is 297 g/mol. The molecule has 0 amide bonds. The van der Waals surface area contributed by atoms with Crippen LogP contribution in [-0.4, -0.2) is 36.6 Å². The first-order valence-corrected chi connectivity index (χ1v) is 9.61. The van der Waals surface area contributed by atoms with Gasteiger partial charge in [0.1, 0.15) is 0 Å². The van der Waals surface area contributed by atoms with Crippen LogP contribution in [0.4, 0.5) is 0 Å². The molecule has 0 saturated heterocycles. The van der Waals surface area contributed by atoms with Crippen molar-refractivity contribution in [2.45, 2.75) is 91.6 Å². The lowest BCUT2D eigenvalue weighted by Gasteiger charge is -2.44. The maximum absolute atomic E-state index is 3.79. The summed E-state index contributed by atoms with van der Waals surface area (Å²) in [4.78, 5) is 2.83. The van der Waals surface area contributed by atoms with E-state index in [1.807, 2.05) is 0 Å². The van der Waals surface area contributed by atoms with Crippen LogP contribution in [0.15, 0.2) is 0 Å². The summed E-state index contributed by atoms with van der Waals surface area (Å²) in [6.45, 7) is 15.4. The SMILES string of the molecule is CCCCN(CCCC)C1CC(C(C)C)CCC1NCC. The monoisotopic (exact) mass is 296 g/mol. The Kier molecular flexibility index (Phi) is 9.59. The fourth-order valence-electron chi connectivity index (χ4n) is 3.85. The quantitative estimate of drug-likeness (QED) is 0.629. The molecule has 3 unspecified atom stereocenters. The van der Waals surface area contributed by atoms with Crippen molar-refractivity contribution in [2.24, 2.45) is 11.8 Å². The van der Waals surface area contributed by atoms with Gasteiger partial charge in [-0.15, -0.1) is 0 Å². The molecular weight excluding hydrogens is 256 g/mol.